The number of H-pyrrole nitrogens is 1. The van der Waals surface area contributed by atoms with Crippen LogP contribution in [0.3, 0.4) is 0 Å². The van der Waals surface area contributed by atoms with Gasteiger partial charge in [0.1, 0.15) is 11.4 Å². The molecule has 0 bridgehead atoms. The highest BCUT2D eigenvalue weighted by Crippen LogP contribution is 2.46. The van der Waals surface area contributed by atoms with Crippen LogP contribution >= 0.6 is 6.72 Å². The molecule has 0 amide bonds. The molecule has 0 saturated carbocycles. The minimum absolute atomic E-state index is 0.0792. The number of nitrogens with one attached hydrogen (secondary N) is 1. The topological polar surface area (TPSA) is 128 Å². The van der Waals surface area contributed by atoms with E-state index < -0.39 is 6.72 Å². The molecule has 3 N–H and O–H groups in total. The van der Waals surface area contributed by atoms with E-state index >= 15 is 0 Å². The Morgan fingerprint density at radius 1 is 0.966 bits per heavy atom. The summed E-state index contributed by atoms with van der Waals surface area (Å²) in [7, 11) is 2.96. The van der Waals surface area contributed by atoms with Crippen molar-refractivity contribution in [1.82, 2.24) is 15.4 Å². The minimum Gasteiger partial charge on any atom is -0.493 e. The Balaban J connectivity index is 1.80. The van der Waals surface area contributed by atoms with Gasteiger partial charge in [-0.3, -0.25) is 0 Å². The number of hydrogen-bond donors (Lipinski definition) is 3. The summed E-state index contributed by atoms with van der Waals surface area (Å²) in [4.78, 5) is 19.0. The zero-order valence-electron chi connectivity index (χ0n) is 15.3. The molecular formula is C17H16N3O7PS. The molecule has 29 heavy (non-hydrogen) atoms. The van der Waals surface area contributed by atoms with Crippen LogP contribution in [0.15, 0.2) is 30.3 Å². The standard InChI is InChI=1S/C17H16N3O7PS/c1-23-11-4-3-9(5-12(11)27-28(21,22)29)15-16(19-20-18-15)10-6-13(24-2)17-14(7-10)25-8-26-17/h3-7H,8H2,1-2H3,(H,18,19,20)(H2,21,22,29). The Morgan fingerprint density at radius 2 is 1.66 bits per heavy atom. The Bertz CT molecular complexity index is 1110. The molecule has 0 fully saturated rings. The van der Waals surface area contributed by atoms with Crippen molar-refractivity contribution in [2.45, 2.75) is 0 Å². The first-order valence-electron chi connectivity index (χ1n) is 8.22. The van der Waals surface area contributed by atoms with Crippen molar-refractivity contribution in [2.75, 3.05) is 21.0 Å². The average molecular weight is 437 g/mol. The molecule has 1 aliphatic rings. The molecule has 0 aliphatic carbocycles. The van der Waals surface area contributed by atoms with Gasteiger partial charge in [0.2, 0.25) is 12.5 Å². The number of nitrogens with zero attached hydrogens (tertiary/aromatic N) is 2. The lowest BCUT2D eigenvalue weighted by Gasteiger charge is -2.14. The molecule has 0 spiro atoms. The predicted octanol–water partition coefficient (Wildman–Crippen LogP) is 2.47. The van der Waals surface area contributed by atoms with Gasteiger partial charge in [0.15, 0.2) is 23.0 Å². The number of ether oxygens (including phenoxy) is 4. The van der Waals surface area contributed by atoms with Gasteiger partial charge in [0.05, 0.1) is 14.2 Å². The van der Waals surface area contributed by atoms with E-state index in [-0.39, 0.29) is 12.5 Å². The second-order valence-corrected chi connectivity index (χ2v) is 8.47. The number of aromatic nitrogens is 3. The lowest BCUT2D eigenvalue weighted by atomic mass is 10.0. The maximum atomic E-state index is 9.52. The number of benzene rings is 2. The Hall–Kier alpha value is -2.85. The first-order valence-corrected chi connectivity index (χ1v) is 10.8. The van der Waals surface area contributed by atoms with E-state index in [1.807, 2.05) is 0 Å². The third-order valence-electron chi connectivity index (χ3n) is 4.13. The van der Waals surface area contributed by atoms with E-state index in [9.17, 15) is 9.79 Å². The van der Waals surface area contributed by atoms with Gasteiger partial charge in [-0.1, -0.05) is 0 Å². The quantitative estimate of drug-likeness (QED) is 0.495. The summed E-state index contributed by atoms with van der Waals surface area (Å²) < 4.78 is 26.6. The van der Waals surface area contributed by atoms with Crippen molar-refractivity contribution in [2.24, 2.45) is 0 Å². The zero-order chi connectivity index (χ0) is 20.6. The van der Waals surface area contributed by atoms with Gasteiger partial charge in [-0.15, -0.1) is 0 Å². The van der Waals surface area contributed by atoms with Gasteiger partial charge in [-0.05, 0) is 30.3 Å². The van der Waals surface area contributed by atoms with E-state index in [0.29, 0.717) is 45.5 Å². The van der Waals surface area contributed by atoms with Gasteiger partial charge < -0.3 is 33.3 Å². The molecular weight excluding hydrogens is 421 g/mol. The van der Waals surface area contributed by atoms with E-state index in [4.69, 9.17) is 23.5 Å². The smallest absolute Gasteiger partial charge is 0.375 e. The molecule has 1 aliphatic heterocycles. The molecule has 10 nitrogen and oxygen atoms in total. The summed E-state index contributed by atoms with van der Waals surface area (Å²) in [5.41, 5.74) is 2.28. The minimum atomic E-state index is -3.95. The fourth-order valence-corrected chi connectivity index (χ4v) is 3.56. The summed E-state index contributed by atoms with van der Waals surface area (Å²) >= 11 is 4.56. The fraction of sp³-hybridized carbons (Fsp3) is 0.176. The normalized spacial score (nSPS) is 12.7. The van der Waals surface area contributed by atoms with Crippen molar-refractivity contribution < 1.29 is 33.3 Å². The van der Waals surface area contributed by atoms with Gasteiger partial charge in [0.25, 0.3) is 0 Å². The molecule has 0 radical (unpaired) electrons. The van der Waals surface area contributed by atoms with Crippen LogP contribution in [0.4, 0.5) is 0 Å². The van der Waals surface area contributed by atoms with Crippen molar-refractivity contribution >= 4 is 18.5 Å². The second-order valence-electron chi connectivity index (χ2n) is 5.88. The summed E-state index contributed by atoms with van der Waals surface area (Å²) in [5.74, 6) is 1.94. The molecule has 0 saturated heterocycles. The van der Waals surface area contributed by atoms with Crippen molar-refractivity contribution in [3.63, 3.8) is 0 Å². The van der Waals surface area contributed by atoms with Crippen molar-refractivity contribution in [3.05, 3.63) is 30.3 Å². The largest absolute Gasteiger partial charge is 0.493 e. The molecule has 4 rings (SSSR count). The predicted molar refractivity (Wildman–Crippen MR) is 106 cm³/mol. The van der Waals surface area contributed by atoms with Crippen LogP contribution in [0, 0.1) is 0 Å². The van der Waals surface area contributed by atoms with E-state index in [0.717, 1.165) is 0 Å². The van der Waals surface area contributed by atoms with Gasteiger partial charge >= 0.3 is 6.72 Å². The van der Waals surface area contributed by atoms with E-state index in [1.165, 1.54) is 20.3 Å². The highest BCUT2D eigenvalue weighted by atomic mass is 32.5. The van der Waals surface area contributed by atoms with Crippen molar-refractivity contribution in [3.8, 4) is 51.3 Å². The molecule has 0 unspecified atom stereocenters. The van der Waals surface area contributed by atoms with Crippen molar-refractivity contribution in [1.29, 1.82) is 0 Å². The first kappa shape index (κ1) is 19.5. The van der Waals surface area contributed by atoms with Crippen LogP contribution in [0.25, 0.3) is 22.5 Å². The van der Waals surface area contributed by atoms with Crippen LogP contribution in [0.5, 0.6) is 28.7 Å². The molecule has 152 valence electrons. The number of fused-ring (bicyclic) bond motifs is 1. The average Bonchev–Trinajstić information content (AvgIpc) is 3.35. The monoisotopic (exact) mass is 437 g/mol. The molecule has 2 aromatic carbocycles. The second kappa shape index (κ2) is 7.53. The van der Waals surface area contributed by atoms with Gasteiger partial charge in [0, 0.05) is 22.9 Å². The van der Waals surface area contributed by atoms with Crippen LogP contribution in [-0.4, -0.2) is 46.2 Å². The maximum absolute atomic E-state index is 9.52. The Morgan fingerprint density at radius 3 is 2.34 bits per heavy atom. The maximum Gasteiger partial charge on any atom is 0.375 e. The summed E-state index contributed by atoms with van der Waals surface area (Å²) in [6.45, 7) is -3.85. The van der Waals surface area contributed by atoms with E-state index in [2.05, 4.69) is 27.2 Å². The fourth-order valence-electron chi connectivity index (χ4n) is 2.92. The lowest BCUT2D eigenvalue weighted by molar-refractivity contribution is 0.171. The zero-order valence-corrected chi connectivity index (χ0v) is 17.0. The SMILES string of the molecule is COc1ccc(-c2n[nH]nc2-c2cc(OC)c3c(c2)OCO3)cc1OP(O)(O)=S. The molecule has 1 aromatic heterocycles. The molecule has 3 aromatic rings. The highest BCUT2D eigenvalue weighted by Gasteiger charge is 2.24. The molecule has 0 atom stereocenters. The summed E-state index contributed by atoms with van der Waals surface area (Å²) in [6, 6.07) is 8.41. The molecule has 12 heteroatoms. The lowest BCUT2D eigenvalue weighted by Crippen LogP contribution is -1.95. The summed E-state index contributed by atoms with van der Waals surface area (Å²) in [6.07, 6.45) is 0. The Labute approximate surface area is 170 Å². The highest BCUT2D eigenvalue weighted by molar-refractivity contribution is 8.06. The van der Waals surface area contributed by atoms with E-state index in [1.54, 1.807) is 24.3 Å². The Kier molecular flexibility index (Phi) is 5.05. The molecule has 2 heterocycles. The number of methoxy groups -OCH3 is 2. The summed E-state index contributed by atoms with van der Waals surface area (Å²) in [5, 5.41) is 11.1. The third kappa shape index (κ3) is 3.85. The number of hydrogen-bond acceptors (Lipinski definition) is 8. The third-order valence-corrected chi connectivity index (χ3v) is 4.79. The van der Waals surface area contributed by atoms with Crippen LogP contribution in [0.1, 0.15) is 0 Å². The van der Waals surface area contributed by atoms with Gasteiger partial charge in [-0.2, -0.15) is 15.4 Å². The van der Waals surface area contributed by atoms with Gasteiger partial charge in [-0.25, -0.2) is 0 Å². The number of aromatic amines is 1. The van der Waals surface area contributed by atoms with Crippen LogP contribution < -0.4 is 23.5 Å². The number of rotatable bonds is 6. The first-order chi connectivity index (χ1) is 13.9. The van der Waals surface area contributed by atoms with Crippen LogP contribution in [-0.2, 0) is 11.8 Å². The van der Waals surface area contributed by atoms with Crippen LogP contribution in [0.2, 0.25) is 0 Å².